The van der Waals surface area contributed by atoms with Gasteiger partial charge in [-0.2, -0.15) is 0 Å². The van der Waals surface area contributed by atoms with Gasteiger partial charge in [-0.25, -0.2) is 0 Å². The molecule has 0 aliphatic rings. The Labute approximate surface area is 135 Å². The minimum atomic E-state index is -0.502. The Morgan fingerprint density at radius 1 is 1.23 bits per heavy atom. The summed E-state index contributed by atoms with van der Waals surface area (Å²) < 4.78 is 0. The molecule has 0 aliphatic heterocycles. The molecule has 1 aromatic rings. The maximum atomic E-state index is 12.2. The highest BCUT2D eigenvalue weighted by atomic mass is 16.2. The van der Waals surface area contributed by atoms with E-state index in [0.717, 1.165) is 6.42 Å². The first-order valence-electron chi connectivity index (χ1n) is 7.95. The van der Waals surface area contributed by atoms with Crippen molar-refractivity contribution >= 4 is 5.91 Å². The van der Waals surface area contributed by atoms with Gasteiger partial charge in [0.05, 0.1) is 12.1 Å². The zero-order valence-electron chi connectivity index (χ0n) is 14.8. The lowest BCUT2D eigenvalue weighted by atomic mass is 9.87. The number of rotatable bonds is 6. The van der Waals surface area contributed by atoms with Crippen molar-refractivity contribution in [3.05, 3.63) is 35.4 Å². The number of carbonyl (C=O) groups is 1. The van der Waals surface area contributed by atoms with Crippen LogP contribution >= 0.6 is 0 Å². The van der Waals surface area contributed by atoms with Crippen molar-refractivity contribution in [2.24, 2.45) is 11.1 Å². The number of carbonyl (C=O) groups excluding carboxylic acids is 1. The lowest BCUT2D eigenvalue weighted by Crippen LogP contribution is -2.50. The summed E-state index contributed by atoms with van der Waals surface area (Å²) in [6.07, 6.45) is 1.03. The van der Waals surface area contributed by atoms with Crippen LogP contribution in [0, 0.1) is 5.41 Å². The van der Waals surface area contributed by atoms with Gasteiger partial charge in [0.1, 0.15) is 0 Å². The van der Waals surface area contributed by atoms with E-state index in [-0.39, 0.29) is 17.4 Å². The molecular formula is C18H31N3O. The van der Waals surface area contributed by atoms with Gasteiger partial charge in [-0.1, -0.05) is 52.0 Å². The third kappa shape index (κ3) is 5.11. The molecule has 0 saturated carbocycles. The van der Waals surface area contributed by atoms with E-state index in [1.165, 1.54) is 11.1 Å². The smallest absolute Gasteiger partial charge is 0.237 e. The van der Waals surface area contributed by atoms with E-state index in [1.54, 1.807) is 0 Å². The van der Waals surface area contributed by atoms with E-state index in [2.05, 4.69) is 41.4 Å². The number of amides is 1. The first-order valence-corrected chi connectivity index (χ1v) is 7.95. The monoisotopic (exact) mass is 305 g/mol. The molecule has 4 heteroatoms. The van der Waals surface area contributed by atoms with Crippen LogP contribution in [0.1, 0.15) is 44.9 Å². The van der Waals surface area contributed by atoms with E-state index in [1.807, 2.05) is 34.9 Å². The van der Waals surface area contributed by atoms with Gasteiger partial charge in [-0.15, -0.1) is 0 Å². The summed E-state index contributed by atoms with van der Waals surface area (Å²) in [4.78, 5) is 14.3. The molecule has 0 aromatic heterocycles. The first kappa shape index (κ1) is 18.7. The lowest BCUT2D eigenvalue weighted by molar-refractivity contribution is -0.124. The van der Waals surface area contributed by atoms with Crippen molar-refractivity contribution in [1.82, 2.24) is 10.2 Å². The largest absolute Gasteiger partial charge is 0.353 e. The minimum absolute atomic E-state index is 0.0930. The first-order chi connectivity index (χ1) is 10.2. The second kappa shape index (κ2) is 7.75. The molecule has 1 amide bonds. The van der Waals surface area contributed by atoms with Crippen LogP contribution < -0.4 is 11.1 Å². The van der Waals surface area contributed by atoms with Crippen molar-refractivity contribution in [2.45, 2.75) is 46.2 Å². The second-order valence-electron chi connectivity index (χ2n) is 7.16. The number of hydrogen-bond donors (Lipinski definition) is 2. The molecule has 0 radical (unpaired) electrons. The standard InChI is InChI=1S/C18H31N3O/c1-7-13-8-10-14(11-9-13)15(21(5)6)12-20-17(22)16(19)18(2,3)4/h8-11,15-16H,7,12,19H2,1-6H3,(H,20,22)/t15?,16-/m1/s1. The molecule has 124 valence electrons. The van der Waals surface area contributed by atoms with Gasteiger partial charge >= 0.3 is 0 Å². The number of aryl methyl sites for hydroxylation is 1. The lowest BCUT2D eigenvalue weighted by Gasteiger charge is -2.29. The SMILES string of the molecule is CCc1ccc(C(CNC(=O)[C@@H](N)C(C)(C)C)N(C)C)cc1. The van der Waals surface area contributed by atoms with E-state index >= 15 is 0 Å². The van der Waals surface area contributed by atoms with Crippen LogP contribution in [0.4, 0.5) is 0 Å². The molecule has 0 saturated heterocycles. The highest BCUT2D eigenvalue weighted by Crippen LogP contribution is 2.20. The molecule has 0 bridgehead atoms. The van der Waals surface area contributed by atoms with Gasteiger partial charge in [-0.05, 0) is 37.1 Å². The number of hydrogen-bond acceptors (Lipinski definition) is 3. The molecule has 1 unspecified atom stereocenters. The van der Waals surface area contributed by atoms with Crippen LogP contribution in [0.25, 0.3) is 0 Å². The highest BCUT2D eigenvalue weighted by molar-refractivity contribution is 5.82. The van der Waals surface area contributed by atoms with Gasteiger partial charge < -0.3 is 16.0 Å². The quantitative estimate of drug-likeness (QED) is 0.848. The number of nitrogens with one attached hydrogen (secondary N) is 1. The van der Waals surface area contributed by atoms with Gasteiger partial charge in [-0.3, -0.25) is 4.79 Å². The summed E-state index contributed by atoms with van der Waals surface area (Å²) in [7, 11) is 4.04. The second-order valence-corrected chi connectivity index (χ2v) is 7.16. The molecule has 0 heterocycles. The fourth-order valence-corrected chi connectivity index (χ4v) is 2.27. The van der Waals surface area contributed by atoms with Gasteiger partial charge in [0.2, 0.25) is 5.91 Å². The summed E-state index contributed by atoms with van der Waals surface area (Å²) in [5.74, 6) is -0.0930. The van der Waals surface area contributed by atoms with Crippen molar-refractivity contribution in [1.29, 1.82) is 0 Å². The maximum Gasteiger partial charge on any atom is 0.237 e. The Balaban J connectivity index is 2.74. The van der Waals surface area contributed by atoms with Crippen LogP contribution in [-0.2, 0) is 11.2 Å². The van der Waals surface area contributed by atoms with Gasteiger partial charge in [0.25, 0.3) is 0 Å². The number of benzene rings is 1. The molecule has 0 spiro atoms. The van der Waals surface area contributed by atoms with Gasteiger partial charge in [0, 0.05) is 6.54 Å². The summed E-state index contributed by atoms with van der Waals surface area (Å²) in [6.45, 7) is 8.63. The number of nitrogens with zero attached hydrogens (tertiary/aromatic N) is 1. The highest BCUT2D eigenvalue weighted by Gasteiger charge is 2.28. The average Bonchev–Trinajstić information content (AvgIpc) is 2.45. The van der Waals surface area contributed by atoms with E-state index in [0.29, 0.717) is 6.54 Å². The minimum Gasteiger partial charge on any atom is -0.353 e. The zero-order valence-corrected chi connectivity index (χ0v) is 14.8. The summed E-state index contributed by atoms with van der Waals surface area (Å²) in [5.41, 5.74) is 8.29. The molecule has 1 rings (SSSR count). The Morgan fingerprint density at radius 2 is 1.77 bits per heavy atom. The van der Waals surface area contributed by atoms with E-state index in [4.69, 9.17) is 5.73 Å². The third-order valence-electron chi connectivity index (χ3n) is 4.08. The Bertz CT molecular complexity index is 474. The Kier molecular flexibility index (Phi) is 6.57. The van der Waals surface area contributed by atoms with Gasteiger partial charge in [0.15, 0.2) is 0 Å². The van der Waals surface area contributed by atoms with Crippen LogP contribution in [0.2, 0.25) is 0 Å². The normalized spacial score (nSPS) is 14.7. The molecule has 0 aliphatic carbocycles. The predicted octanol–water partition coefficient (Wildman–Crippen LogP) is 2.34. The van der Waals surface area contributed by atoms with Crippen molar-refractivity contribution in [2.75, 3.05) is 20.6 Å². The summed E-state index contributed by atoms with van der Waals surface area (Å²) in [6, 6.07) is 8.21. The predicted molar refractivity (Wildman–Crippen MR) is 92.7 cm³/mol. The summed E-state index contributed by atoms with van der Waals surface area (Å²) >= 11 is 0. The van der Waals surface area contributed by atoms with Crippen LogP contribution in [0.3, 0.4) is 0 Å². The Morgan fingerprint density at radius 3 is 2.18 bits per heavy atom. The topological polar surface area (TPSA) is 58.4 Å². The maximum absolute atomic E-state index is 12.2. The molecule has 3 N–H and O–H groups in total. The molecule has 2 atom stereocenters. The number of likely N-dealkylation sites (N-methyl/N-ethyl adjacent to an activating group) is 1. The van der Waals surface area contributed by atoms with Crippen molar-refractivity contribution < 1.29 is 4.79 Å². The fourth-order valence-electron chi connectivity index (χ4n) is 2.27. The zero-order chi connectivity index (χ0) is 16.9. The number of nitrogens with two attached hydrogens (primary N) is 1. The molecule has 0 fully saturated rings. The molecule has 4 nitrogen and oxygen atoms in total. The van der Waals surface area contributed by atoms with E-state index in [9.17, 15) is 4.79 Å². The van der Waals surface area contributed by atoms with E-state index < -0.39 is 6.04 Å². The molecule has 1 aromatic carbocycles. The average molecular weight is 305 g/mol. The molecule has 22 heavy (non-hydrogen) atoms. The van der Waals surface area contributed by atoms with Crippen LogP contribution in [0.5, 0.6) is 0 Å². The van der Waals surface area contributed by atoms with Crippen LogP contribution in [-0.4, -0.2) is 37.5 Å². The van der Waals surface area contributed by atoms with Crippen LogP contribution in [0.15, 0.2) is 24.3 Å². The van der Waals surface area contributed by atoms with Crippen molar-refractivity contribution in [3.63, 3.8) is 0 Å². The molecular weight excluding hydrogens is 274 g/mol. The Hall–Kier alpha value is -1.39. The third-order valence-corrected chi connectivity index (χ3v) is 4.08. The fraction of sp³-hybridized carbons (Fsp3) is 0.611. The summed E-state index contributed by atoms with van der Waals surface area (Å²) in [5, 5.41) is 2.99. The van der Waals surface area contributed by atoms with Crippen molar-refractivity contribution in [3.8, 4) is 0 Å².